The zero-order chi connectivity index (χ0) is 19.4. The minimum atomic E-state index is -0.276. The average Bonchev–Trinajstić information content (AvgIpc) is 3.16. The van der Waals surface area contributed by atoms with Crippen molar-refractivity contribution in [3.8, 4) is 11.1 Å². The van der Waals surface area contributed by atoms with Crippen molar-refractivity contribution in [3.63, 3.8) is 0 Å². The number of hydrogen-bond acceptors (Lipinski definition) is 3. The maximum Gasteiger partial charge on any atom is 0.241 e. The van der Waals surface area contributed by atoms with Gasteiger partial charge in [0.05, 0.1) is 12.7 Å². The van der Waals surface area contributed by atoms with E-state index >= 15 is 0 Å². The van der Waals surface area contributed by atoms with Gasteiger partial charge in [0.15, 0.2) is 0 Å². The van der Waals surface area contributed by atoms with Crippen LogP contribution in [0, 0.1) is 11.7 Å². The summed E-state index contributed by atoms with van der Waals surface area (Å²) in [7, 11) is 0. The molecule has 0 spiro atoms. The molecular formula is C20H25FN4O2. The number of H-pyrrole nitrogens is 1. The second-order valence-electron chi connectivity index (χ2n) is 7.26. The molecule has 3 rings (SSSR count). The van der Waals surface area contributed by atoms with Gasteiger partial charge in [0, 0.05) is 36.2 Å². The maximum absolute atomic E-state index is 13.2. The number of aromatic amines is 1. The van der Waals surface area contributed by atoms with E-state index in [0.717, 1.165) is 29.7 Å². The molecule has 0 unspecified atom stereocenters. The number of likely N-dealkylation sites (tertiary alicyclic amines) is 1. The first kappa shape index (κ1) is 19.1. The van der Waals surface area contributed by atoms with Gasteiger partial charge in [0.25, 0.3) is 0 Å². The molecular weight excluding hydrogens is 347 g/mol. The lowest BCUT2D eigenvalue weighted by molar-refractivity contribution is -0.134. The summed E-state index contributed by atoms with van der Waals surface area (Å²) in [6.07, 6.45) is 3.57. The number of carbonyl (C=O) groups is 2. The highest BCUT2D eigenvalue weighted by Gasteiger charge is 2.27. The molecule has 2 amide bonds. The Bertz CT molecular complexity index is 801. The summed E-state index contributed by atoms with van der Waals surface area (Å²) in [5.41, 5.74) is 2.79. The van der Waals surface area contributed by atoms with Crippen molar-refractivity contribution in [2.24, 2.45) is 5.92 Å². The van der Waals surface area contributed by atoms with Crippen molar-refractivity contribution in [2.75, 3.05) is 19.6 Å². The van der Waals surface area contributed by atoms with Crippen molar-refractivity contribution in [2.45, 2.75) is 32.6 Å². The minimum Gasteiger partial charge on any atom is -0.347 e. The highest BCUT2D eigenvalue weighted by molar-refractivity contribution is 5.85. The Kier molecular flexibility index (Phi) is 5.88. The first-order valence-electron chi connectivity index (χ1n) is 9.30. The molecule has 144 valence electrons. The van der Waals surface area contributed by atoms with Crippen LogP contribution >= 0.6 is 0 Å². The number of nitrogens with zero attached hydrogens (tertiary/aromatic N) is 2. The fraction of sp³-hybridized carbons (Fsp3) is 0.450. The van der Waals surface area contributed by atoms with Crippen LogP contribution in [0.1, 0.15) is 38.3 Å². The number of rotatable bonds is 5. The van der Waals surface area contributed by atoms with E-state index in [1.165, 1.54) is 12.1 Å². The van der Waals surface area contributed by atoms with E-state index in [0.29, 0.717) is 13.1 Å². The van der Waals surface area contributed by atoms with Gasteiger partial charge in [-0.2, -0.15) is 5.10 Å². The number of carbonyl (C=O) groups excluding carboxylic acids is 2. The quantitative estimate of drug-likeness (QED) is 0.847. The van der Waals surface area contributed by atoms with E-state index in [1.807, 2.05) is 0 Å². The lowest BCUT2D eigenvalue weighted by Crippen LogP contribution is -2.45. The molecule has 0 saturated carbocycles. The number of piperidine rings is 1. The third-order valence-corrected chi connectivity index (χ3v) is 4.94. The van der Waals surface area contributed by atoms with E-state index in [2.05, 4.69) is 15.5 Å². The van der Waals surface area contributed by atoms with Crippen LogP contribution in [-0.4, -0.2) is 46.5 Å². The van der Waals surface area contributed by atoms with Crippen molar-refractivity contribution in [1.29, 1.82) is 0 Å². The molecule has 1 saturated heterocycles. The summed E-state index contributed by atoms with van der Waals surface area (Å²) in [4.78, 5) is 26.0. The SMILES string of the molecule is CC(C)C(=O)NCC(=O)N1CCC[C@H](c2[nH]ncc2-c2ccc(F)cc2)C1. The Balaban J connectivity index is 1.68. The molecule has 1 fully saturated rings. The molecule has 0 bridgehead atoms. The van der Waals surface area contributed by atoms with E-state index < -0.39 is 0 Å². The van der Waals surface area contributed by atoms with Gasteiger partial charge in [0.2, 0.25) is 11.8 Å². The molecule has 1 aromatic carbocycles. The Morgan fingerprint density at radius 1 is 1.33 bits per heavy atom. The van der Waals surface area contributed by atoms with Crippen molar-refractivity contribution in [1.82, 2.24) is 20.4 Å². The van der Waals surface area contributed by atoms with Crippen LogP contribution in [0.25, 0.3) is 11.1 Å². The highest BCUT2D eigenvalue weighted by Crippen LogP contribution is 2.33. The van der Waals surface area contributed by atoms with Crippen LogP contribution in [0.15, 0.2) is 30.5 Å². The van der Waals surface area contributed by atoms with Gasteiger partial charge in [-0.25, -0.2) is 4.39 Å². The third-order valence-electron chi connectivity index (χ3n) is 4.94. The van der Waals surface area contributed by atoms with Gasteiger partial charge < -0.3 is 10.2 Å². The monoisotopic (exact) mass is 372 g/mol. The molecule has 1 aromatic heterocycles. The Hall–Kier alpha value is -2.70. The lowest BCUT2D eigenvalue weighted by Gasteiger charge is -2.33. The molecule has 0 aliphatic carbocycles. The van der Waals surface area contributed by atoms with Crippen LogP contribution in [0.5, 0.6) is 0 Å². The van der Waals surface area contributed by atoms with Gasteiger partial charge >= 0.3 is 0 Å². The van der Waals surface area contributed by atoms with E-state index in [-0.39, 0.29) is 36.0 Å². The molecule has 1 aliphatic heterocycles. The smallest absolute Gasteiger partial charge is 0.241 e. The summed E-state index contributed by atoms with van der Waals surface area (Å²) in [6, 6.07) is 6.33. The molecule has 7 heteroatoms. The van der Waals surface area contributed by atoms with Crippen LogP contribution in [-0.2, 0) is 9.59 Å². The molecule has 1 atom stereocenters. The van der Waals surface area contributed by atoms with E-state index in [1.54, 1.807) is 37.1 Å². The summed E-state index contributed by atoms with van der Waals surface area (Å²) < 4.78 is 13.2. The first-order chi connectivity index (χ1) is 13.0. The Morgan fingerprint density at radius 2 is 2.07 bits per heavy atom. The molecule has 1 aliphatic rings. The average molecular weight is 372 g/mol. The third kappa shape index (κ3) is 4.53. The standard InChI is InChI=1S/C20H25FN4O2/c1-13(2)20(27)22-11-18(26)25-9-3-4-15(12-25)19-17(10-23-24-19)14-5-7-16(21)8-6-14/h5-8,10,13,15H,3-4,9,11-12H2,1-2H3,(H,22,27)(H,23,24)/t15-/m0/s1. The minimum absolute atomic E-state index is 0.0253. The van der Waals surface area contributed by atoms with Crippen molar-refractivity contribution < 1.29 is 14.0 Å². The molecule has 2 aromatic rings. The van der Waals surface area contributed by atoms with Gasteiger partial charge in [-0.1, -0.05) is 26.0 Å². The van der Waals surface area contributed by atoms with Gasteiger partial charge in [-0.15, -0.1) is 0 Å². The van der Waals surface area contributed by atoms with Gasteiger partial charge in [-0.3, -0.25) is 14.7 Å². The lowest BCUT2D eigenvalue weighted by atomic mass is 9.90. The van der Waals surface area contributed by atoms with Crippen LogP contribution in [0.4, 0.5) is 4.39 Å². The number of nitrogens with one attached hydrogen (secondary N) is 2. The fourth-order valence-electron chi connectivity index (χ4n) is 3.38. The molecule has 6 nitrogen and oxygen atoms in total. The second kappa shape index (κ2) is 8.33. The van der Waals surface area contributed by atoms with Crippen LogP contribution in [0.3, 0.4) is 0 Å². The zero-order valence-electron chi connectivity index (χ0n) is 15.7. The molecule has 0 radical (unpaired) electrons. The first-order valence-corrected chi connectivity index (χ1v) is 9.30. The number of halogens is 1. The Labute approximate surface area is 158 Å². The summed E-state index contributed by atoms with van der Waals surface area (Å²) in [6.45, 7) is 4.88. The van der Waals surface area contributed by atoms with Gasteiger partial charge in [0.1, 0.15) is 5.82 Å². The van der Waals surface area contributed by atoms with Gasteiger partial charge in [-0.05, 0) is 30.5 Å². The molecule has 27 heavy (non-hydrogen) atoms. The zero-order valence-corrected chi connectivity index (χ0v) is 15.7. The largest absolute Gasteiger partial charge is 0.347 e. The summed E-state index contributed by atoms with van der Waals surface area (Å²) >= 11 is 0. The predicted octanol–water partition coefficient (Wildman–Crippen LogP) is 2.69. The molecule has 2 N–H and O–H groups in total. The number of benzene rings is 1. The maximum atomic E-state index is 13.2. The van der Waals surface area contributed by atoms with E-state index in [4.69, 9.17) is 0 Å². The predicted molar refractivity (Wildman–Crippen MR) is 100 cm³/mol. The van der Waals surface area contributed by atoms with Crippen LogP contribution in [0.2, 0.25) is 0 Å². The summed E-state index contributed by atoms with van der Waals surface area (Å²) in [5.74, 6) is -0.483. The topological polar surface area (TPSA) is 78.1 Å². The summed E-state index contributed by atoms with van der Waals surface area (Å²) in [5, 5.41) is 9.91. The number of aromatic nitrogens is 2. The van der Waals surface area contributed by atoms with Crippen molar-refractivity contribution in [3.05, 3.63) is 42.0 Å². The van der Waals surface area contributed by atoms with Crippen molar-refractivity contribution >= 4 is 11.8 Å². The highest BCUT2D eigenvalue weighted by atomic mass is 19.1. The fourth-order valence-corrected chi connectivity index (χ4v) is 3.38. The Morgan fingerprint density at radius 3 is 2.78 bits per heavy atom. The van der Waals surface area contributed by atoms with Crippen LogP contribution < -0.4 is 5.32 Å². The number of hydrogen-bond donors (Lipinski definition) is 2. The molecule has 2 heterocycles. The number of amides is 2. The normalized spacial score (nSPS) is 17.2. The second-order valence-corrected chi connectivity index (χ2v) is 7.26. The van der Waals surface area contributed by atoms with E-state index in [9.17, 15) is 14.0 Å².